The third-order valence-electron chi connectivity index (χ3n) is 2.73. The molecule has 7 nitrogen and oxygen atoms in total. The summed E-state index contributed by atoms with van der Waals surface area (Å²) in [5.74, 6) is -0.333. The van der Waals surface area contributed by atoms with Crippen molar-refractivity contribution in [2.75, 3.05) is 6.61 Å². The molecule has 0 unspecified atom stereocenters. The van der Waals surface area contributed by atoms with Gasteiger partial charge in [0.15, 0.2) is 5.96 Å². The second-order valence-electron chi connectivity index (χ2n) is 4.89. The molecule has 0 amide bonds. The van der Waals surface area contributed by atoms with Crippen molar-refractivity contribution in [2.45, 2.75) is 71.1 Å². The Morgan fingerprint density at radius 3 is 1.59 bits per heavy atom. The van der Waals surface area contributed by atoms with Crippen LogP contribution in [0.5, 0.6) is 0 Å². The molecule has 0 heterocycles. The summed E-state index contributed by atoms with van der Waals surface area (Å²) >= 11 is 0. The second kappa shape index (κ2) is 18.5. The van der Waals surface area contributed by atoms with E-state index in [-0.39, 0.29) is 25.0 Å². The van der Waals surface area contributed by atoms with Gasteiger partial charge in [0.2, 0.25) is 0 Å². The highest BCUT2D eigenvalue weighted by Crippen LogP contribution is 2.10. The average Bonchev–Trinajstić information content (AvgIpc) is 2.34. The van der Waals surface area contributed by atoms with Gasteiger partial charge in [0, 0.05) is 0 Å². The molecule has 0 fully saturated rings. The highest BCUT2D eigenvalue weighted by atomic mass is 35.5. The van der Waals surface area contributed by atoms with E-state index in [2.05, 4.69) is 22.6 Å². The summed E-state index contributed by atoms with van der Waals surface area (Å²) < 4.78 is 33.0. The maximum atomic E-state index is 10.2. The summed E-state index contributed by atoms with van der Waals surface area (Å²) in [5, 5.41) is 6.06. The Bertz CT molecular complexity index is 336. The first kappa shape index (κ1) is 26.3. The van der Waals surface area contributed by atoms with E-state index >= 15 is 0 Å². The number of hydrogen-bond acceptors (Lipinski definition) is 4. The zero-order valence-electron chi connectivity index (χ0n) is 13.4. The Balaban J connectivity index is -0.000000640. The summed E-state index contributed by atoms with van der Waals surface area (Å²) in [6.45, 7) is 2.31. The van der Waals surface area contributed by atoms with Gasteiger partial charge in [-0.15, -0.1) is 12.4 Å². The molecule has 0 aliphatic carbocycles. The first-order valence-electron chi connectivity index (χ1n) is 7.51. The van der Waals surface area contributed by atoms with Gasteiger partial charge in [-0.25, -0.2) is 4.18 Å². The monoisotopic (exact) mass is 361 g/mol. The first-order valence-corrected chi connectivity index (χ1v) is 8.87. The van der Waals surface area contributed by atoms with Gasteiger partial charge >= 0.3 is 10.4 Å². The van der Waals surface area contributed by atoms with Crippen molar-refractivity contribution in [3.05, 3.63) is 0 Å². The topological polar surface area (TPSA) is 139 Å². The van der Waals surface area contributed by atoms with Crippen molar-refractivity contribution in [1.29, 1.82) is 5.41 Å². The normalized spacial score (nSPS) is 10.3. The molecule has 9 heteroatoms. The lowest BCUT2D eigenvalue weighted by molar-refractivity contribution is 0.261. The Labute approximate surface area is 141 Å². The molecule has 22 heavy (non-hydrogen) atoms. The van der Waals surface area contributed by atoms with Gasteiger partial charge in [-0.05, 0) is 6.42 Å². The van der Waals surface area contributed by atoms with Crippen molar-refractivity contribution < 1.29 is 17.2 Å². The fourth-order valence-corrected chi connectivity index (χ4v) is 2.08. The predicted octanol–water partition coefficient (Wildman–Crippen LogP) is 2.99. The molecular weight excluding hydrogens is 330 g/mol. The quantitative estimate of drug-likeness (QED) is 0.182. The van der Waals surface area contributed by atoms with Gasteiger partial charge in [-0.3, -0.25) is 9.96 Å². The molecule has 0 aromatic rings. The maximum Gasteiger partial charge on any atom is 0.397 e. The van der Waals surface area contributed by atoms with Crippen molar-refractivity contribution in [3.63, 3.8) is 0 Å². The van der Waals surface area contributed by atoms with E-state index < -0.39 is 10.4 Å². The highest BCUT2D eigenvalue weighted by Gasteiger charge is 2.02. The number of nitrogens with two attached hydrogens (primary N) is 2. The van der Waals surface area contributed by atoms with E-state index in [9.17, 15) is 8.42 Å². The molecule has 0 atom stereocenters. The molecule has 0 aromatic carbocycles. The first-order chi connectivity index (χ1) is 9.79. The van der Waals surface area contributed by atoms with Crippen LogP contribution in [0, 0.1) is 5.41 Å². The van der Waals surface area contributed by atoms with Crippen molar-refractivity contribution >= 4 is 28.8 Å². The van der Waals surface area contributed by atoms with Crippen LogP contribution in [0.25, 0.3) is 0 Å². The van der Waals surface area contributed by atoms with Gasteiger partial charge in [0.25, 0.3) is 0 Å². The van der Waals surface area contributed by atoms with E-state index in [0.29, 0.717) is 6.42 Å². The van der Waals surface area contributed by atoms with Gasteiger partial charge in [0.05, 0.1) is 6.61 Å². The number of unbranched alkanes of at least 4 members (excludes halogenated alkanes) is 9. The Hall–Kier alpha value is -0.570. The largest absolute Gasteiger partial charge is 0.397 e. The number of hydrogen-bond donors (Lipinski definition) is 4. The Morgan fingerprint density at radius 2 is 1.27 bits per heavy atom. The van der Waals surface area contributed by atoms with Crippen molar-refractivity contribution in [2.24, 2.45) is 11.5 Å². The number of rotatable bonds is 12. The lowest BCUT2D eigenvalue weighted by atomic mass is 10.1. The zero-order chi connectivity index (χ0) is 16.6. The SMILES string of the molecule is CCCCCCCCCCCCOS(=O)(=O)O.Cl.N=C(N)N. The minimum absolute atomic E-state index is 0. The Kier molecular flexibility index (Phi) is 22.1. The highest BCUT2D eigenvalue weighted by molar-refractivity contribution is 7.80. The van der Waals surface area contributed by atoms with Gasteiger partial charge in [-0.1, -0.05) is 64.7 Å². The number of nitrogens with one attached hydrogen (secondary N) is 1. The van der Waals surface area contributed by atoms with Crippen molar-refractivity contribution in [3.8, 4) is 0 Å². The van der Waals surface area contributed by atoms with E-state index in [1.165, 1.54) is 44.9 Å². The van der Waals surface area contributed by atoms with Crippen LogP contribution in [0.15, 0.2) is 0 Å². The third kappa shape index (κ3) is 36.6. The molecule has 6 N–H and O–H groups in total. The van der Waals surface area contributed by atoms with Crippen LogP contribution in [-0.2, 0) is 14.6 Å². The third-order valence-corrected chi connectivity index (χ3v) is 3.19. The number of halogens is 1. The molecule has 0 bridgehead atoms. The number of guanidine groups is 1. The van der Waals surface area contributed by atoms with Crippen LogP contribution < -0.4 is 11.5 Å². The molecule has 0 saturated carbocycles. The molecule has 0 spiro atoms. The van der Waals surface area contributed by atoms with Crippen LogP contribution in [0.1, 0.15) is 71.1 Å². The Morgan fingerprint density at radius 1 is 0.955 bits per heavy atom. The standard InChI is InChI=1S/C12H26O4S.CH5N3.ClH/c1-2-3-4-5-6-7-8-9-10-11-12-16-17(13,14)15;2-1(3)4;/h2-12H2,1H3,(H,13,14,15);(H5,2,3,4);1H. The molecule has 0 aliphatic rings. The van der Waals surface area contributed by atoms with Crippen molar-refractivity contribution in [1.82, 2.24) is 0 Å². The van der Waals surface area contributed by atoms with E-state index in [1.54, 1.807) is 0 Å². The van der Waals surface area contributed by atoms with Crippen LogP contribution in [-0.4, -0.2) is 25.5 Å². The molecule has 0 radical (unpaired) electrons. The van der Waals surface area contributed by atoms with Crippen LogP contribution in [0.4, 0.5) is 0 Å². The minimum atomic E-state index is -4.23. The van der Waals surface area contributed by atoms with Gasteiger partial charge < -0.3 is 11.5 Å². The lowest BCUT2D eigenvalue weighted by Gasteiger charge is -2.02. The molecule has 0 aromatic heterocycles. The molecule has 0 rings (SSSR count). The van der Waals surface area contributed by atoms with Gasteiger partial charge in [0.1, 0.15) is 0 Å². The van der Waals surface area contributed by atoms with Crippen LogP contribution in [0.2, 0.25) is 0 Å². The molecule has 136 valence electrons. The van der Waals surface area contributed by atoms with Gasteiger partial charge in [-0.2, -0.15) is 8.42 Å². The minimum Gasteiger partial charge on any atom is -0.370 e. The zero-order valence-corrected chi connectivity index (χ0v) is 15.1. The van der Waals surface area contributed by atoms with Crippen LogP contribution >= 0.6 is 12.4 Å². The molecule has 0 aliphatic heterocycles. The smallest absolute Gasteiger partial charge is 0.370 e. The second-order valence-corrected chi connectivity index (χ2v) is 5.98. The summed E-state index contributed by atoms with van der Waals surface area (Å²) in [5.41, 5.74) is 8.94. The van der Waals surface area contributed by atoms with Crippen LogP contribution in [0.3, 0.4) is 0 Å². The maximum absolute atomic E-state index is 10.2. The summed E-state index contributed by atoms with van der Waals surface area (Å²) in [4.78, 5) is 0. The van der Waals surface area contributed by atoms with E-state index in [4.69, 9.17) is 9.96 Å². The fraction of sp³-hybridized carbons (Fsp3) is 0.923. The lowest BCUT2D eigenvalue weighted by Crippen LogP contribution is -2.20. The molecular formula is C13H32ClN3O4S. The predicted molar refractivity (Wildman–Crippen MR) is 92.7 cm³/mol. The summed E-state index contributed by atoms with van der Waals surface area (Å²) in [6, 6.07) is 0. The average molecular weight is 362 g/mol. The summed E-state index contributed by atoms with van der Waals surface area (Å²) in [7, 11) is -4.23. The summed E-state index contributed by atoms with van der Waals surface area (Å²) in [6.07, 6.45) is 11.9. The van der Waals surface area contributed by atoms with E-state index in [1.807, 2.05) is 0 Å². The van der Waals surface area contributed by atoms with E-state index in [0.717, 1.165) is 12.8 Å². The molecule has 0 saturated heterocycles. The fourth-order valence-electron chi connectivity index (χ4n) is 1.75.